The van der Waals surface area contributed by atoms with Crippen LogP contribution in [0.4, 0.5) is 0 Å². The lowest BCUT2D eigenvalue weighted by atomic mass is 9.76. The smallest absolute Gasteiger partial charge is 0.326 e. The van der Waals surface area contributed by atoms with E-state index in [-0.39, 0.29) is 12.3 Å². The molecule has 1 aromatic heterocycles. The number of likely N-dealkylation sites (tertiary alicyclic amines) is 1. The number of aromatic amines is 1. The molecule has 0 radical (unpaired) electrons. The molecule has 1 aromatic rings. The van der Waals surface area contributed by atoms with Crippen LogP contribution in [-0.2, 0) is 16.0 Å². The van der Waals surface area contributed by atoms with Crippen LogP contribution in [0.1, 0.15) is 32.4 Å². The van der Waals surface area contributed by atoms with Crippen molar-refractivity contribution in [1.82, 2.24) is 15.1 Å². The van der Waals surface area contributed by atoms with Gasteiger partial charge in [0.2, 0.25) is 5.91 Å². The molecule has 2 rings (SSSR count). The van der Waals surface area contributed by atoms with Crippen LogP contribution < -0.4 is 0 Å². The van der Waals surface area contributed by atoms with Crippen LogP contribution in [0.2, 0.25) is 0 Å². The van der Waals surface area contributed by atoms with Gasteiger partial charge in [0.05, 0.1) is 6.42 Å². The van der Waals surface area contributed by atoms with E-state index in [9.17, 15) is 14.7 Å². The number of carbonyl (C=O) groups excluding carboxylic acids is 1. The second kappa shape index (κ2) is 5.03. The highest BCUT2D eigenvalue weighted by atomic mass is 16.4. The third-order valence-corrected chi connectivity index (χ3v) is 3.73. The third kappa shape index (κ3) is 2.77. The largest absolute Gasteiger partial charge is 0.480 e. The minimum Gasteiger partial charge on any atom is -0.480 e. The van der Waals surface area contributed by atoms with Crippen molar-refractivity contribution in [3.8, 4) is 0 Å². The number of piperidine rings is 1. The molecule has 0 aromatic carbocycles. The van der Waals surface area contributed by atoms with Crippen molar-refractivity contribution in [3.63, 3.8) is 0 Å². The molecule has 2 heterocycles. The van der Waals surface area contributed by atoms with Crippen molar-refractivity contribution in [2.24, 2.45) is 5.41 Å². The number of carbonyl (C=O) groups is 2. The van der Waals surface area contributed by atoms with Crippen LogP contribution in [0.5, 0.6) is 0 Å². The number of H-pyrrole nitrogens is 1. The van der Waals surface area contributed by atoms with Gasteiger partial charge in [0.25, 0.3) is 0 Å². The molecular weight excluding hydrogens is 246 g/mol. The molecule has 1 fully saturated rings. The van der Waals surface area contributed by atoms with Crippen molar-refractivity contribution in [2.45, 2.75) is 39.2 Å². The molecule has 1 aliphatic rings. The summed E-state index contributed by atoms with van der Waals surface area (Å²) in [5.74, 6) is -1.09. The molecule has 1 aliphatic heterocycles. The van der Waals surface area contributed by atoms with E-state index >= 15 is 0 Å². The number of hydrogen-bond donors (Lipinski definition) is 2. The van der Waals surface area contributed by atoms with Crippen molar-refractivity contribution in [3.05, 3.63) is 18.0 Å². The summed E-state index contributed by atoms with van der Waals surface area (Å²) in [5, 5.41) is 15.9. The molecule has 6 nitrogen and oxygen atoms in total. The normalized spacial score (nSPS) is 22.2. The van der Waals surface area contributed by atoms with Crippen LogP contribution in [0.15, 0.2) is 12.3 Å². The molecule has 6 heteroatoms. The molecule has 0 aliphatic carbocycles. The van der Waals surface area contributed by atoms with Crippen molar-refractivity contribution in [2.75, 3.05) is 6.54 Å². The maximum absolute atomic E-state index is 12.3. The van der Waals surface area contributed by atoms with Crippen molar-refractivity contribution >= 4 is 11.9 Å². The Morgan fingerprint density at radius 3 is 2.89 bits per heavy atom. The van der Waals surface area contributed by atoms with E-state index in [1.807, 2.05) is 13.8 Å². The van der Waals surface area contributed by atoms with Crippen LogP contribution in [0.3, 0.4) is 0 Å². The van der Waals surface area contributed by atoms with Crippen molar-refractivity contribution < 1.29 is 14.7 Å². The SMILES string of the molecule is CC1(C)CCCN(C(=O)Cc2ccn[nH]2)C1C(=O)O. The molecule has 1 amide bonds. The average Bonchev–Trinajstić information content (AvgIpc) is 2.79. The van der Waals surface area contributed by atoms with Gasteiger partial charge >= 0.3 is 5.97 Å². The van der Waals surface area contributed by atoms with Crippen molar-refractivity contribution in [1.29, 1.82) is 0 Å². The maximum atomic E-state index is 12.3. The van der Waals surface area contributed by atoms with E-state index in [1.54, 1.807) is 12.3 Å². The molecule has 19 heavy (non-hydrogen) atoms. The van der Waals surface area contributed by atoms with Crippen LogP contribution >= 0.6 is 0 Å². The van der Waals surface area contributed by atoms with Crippen LogP contribution in [0.25, 0.3) is 0 Å². The first kappa shape index (κ1) is 13.6. The van der Waals surface area contributed by atoms with E-state index in [0.717, 1.165) is 12.8 Å². The Bertz CT molecular complexity index is 467. The summed E-state index contributed by atoms with van der Waals surface area (Å²) in [6.45, 7) is 4.32. The quantitative estimate of drug-likeness (QED) is 0.855. The van der Waals surface area contributed by atoms with E-state index in [1.165, 1.54) is 4.90 Å². The van der Waals surface area contributed by atoms with Gasteiger partial charge < -0.3 is 10.0 Å². The Kier molecular flexibility index (Phi) is 3.59. The zero-order valence-corrected chi connectivity index (χ0v) is 11.2. The van der Waals surface area contributed by atoms with Gasteiger partial charge in [-0.2, -0.15) is 5.10 Å². The molecule has 1 saturated heterocycles. The highest BCUT2D eigenvalue weighted by Crippen LogP contribution is 2.35. The van der Waals surface area contributed by atoms with E-state index in [0.29, 0.717) is 12.2 Å². The van der Waals surface area contributed by atoms with Gasteiger partial charge in [0.15, 0.2) is 0 Å². The lowest BCUT2D eigenvalue weighted by Gasteiger charge is -2.44. The summed E-state index contributed by atoms with van der Waals surface area (Å²) in [6, 6.07) is 0.972. The fourth-order valence-corrected chi connectivity index (χ4v) is 2.78. The summed E-state index contributed by atoms with van der Waals surface area (Å²) in [7, 11) is 0. The first-order chi connectivity index (χ1) is 8.92. The molecule has 0 saturated carbocycles. The summed E-state index contributed by atoms with van der Waals surface area (Å²) in [6.07, 6.45) is 3.40. The maximum Gasteiger partial charge on any atom is 0.326 e. The second-order valence-electron chi connectivity index (χ2n) is 5.68. The first-order valence-electron chi connectivity index (χ1n) is 6.42. The Labute approximate surface area is 111 Å². The number of carboxylic acid groups (broad SMARTS) is 1. The van der Waals surface area contributed by atoms with Crippen LogP contribution in [-0.4, -0.2) is 44.7 Å². The number of amides is 1. The number of hydrogen-bond acceptors (Lipinski definition) is 3. The standard InChI is InChI=1S/C13H19N3O3/c1-13(2)5-3-7-16(11(13)12(18)19)10(17)8-9-4-6-14-15-9/h4,6,11H,3,5,7-8H2,1-2H3,(H,14,15)(H,18,19). The zero-order chi connectivity index (χ0) is 14.0. The van der Waals surface area contributed by atoms with Gasteiger partial charge in [-0.15, -0.1) is 0 Å². The van der Waals surface area contributed by atoms with Gasteiger partial charge in [-0.1, -0.05) is 13.8 Å². The fourth-order valence-electron chi connectivity index (χ4n) is 2.78. The van der Waals surface area contributed by atoms with E-state index in [2.05, 4.69) is 10.2 Å². The topological polar surface area (TPSA) is 86.3 Å². The molecule has 0 spiro atoms. The van der Waals surface area contributed by atoms with E-state index in [4.69, 9.17) is 0 Å². The van der Waals surface area contributed by atoms with Gasteiger partial charge in [-0.3, -0.25) is 9.89 Å². The summed E-state index contributed by atoms with van der Waals surface area (Å²) >= 11 is 0. The zero-order valence-electron chi connectivity index (χ0n) is 11.2. The lowest BCUT2D eigenvalue weighted by Crippen LogP contribution is -2.56. The Hall–Kier alpha value is -1.85. The average molecular weight is 265 g/mol. The predicted octanol–water partition coefficient (Wildman–Crippen LogP) is 1.05. The van der Waals surface area contributed by atoms with Gasteiger partial charge in [-0.25, -0.2) is 4.79 Å². The molecule has 2 N–H and O–H groups in total. The number of rotatable bonds is 3. The number of aliphatic carboxylic acids is 1. The minimum absolute atomic E-state index is 0.163. The highest BCUT2D eigenvalue weighted by molar-refractivity contribution is 5.85. The molecule has 1 unspecified atom stereocenters. The molecule has 0 bridgehead atoms. The monoisotopic (exact) mass is 265 g/mol. The number of aromatic nitrogens is 2. The molecule has 104 valence electrons. The fraction of sp³-hybridized carbons (Fsp3) is 0.615. The number of nitrogens with one attached hydrogen (secondary N) is 1. The van der Waals surface area contributed by atoms with E-state index < -0.39 is 17.4 Å². The lowest BCUT2D eigenvalue weighted by molar-refractivity contribution is -0.158. The van der Waals surface area contributed by atoms with Gasteiger partial charge in [-0.05, 0) is 24.3 Å². The Morgan fingerprint density at radius 1 is 1.58 bits per heavy atom. The molecular formula is C13H19N3O3. The predicted molar refractivity (Wildman–Crippen MR) is 68.4 cm³/mol. The van der Waals surface area contributed by atoms with Gasteiger partial charge in [0, 0.05) is 18.4 Å². The number of carboxylic acids is 1. The second-order valence-corrected chi connectivity index (χ2v) is 5.68. The Balaban J connectivity index is 2.16. The first-order valence-corrected chi connectivity index (χ1v) is 6.42. The minimum atomic E-state index is -0.928. The highest BCUT2D eigenvalue weighted by Gasteiger charge is 2.44. The summed E-state index contributed by atoms with van der Waals surface area (Å²) in [4.78, 5) is 25.2. The summed E-state index contributed by atoms with van der Waals surface area (Å²) < 4.78 is 0. The van der Waals surface area contributed by atoms with Gasteiger partial charge in [0.1, 0.15) is 6.04 Å². The van der Waals surface area contributed by atoms with Crippen LogP contribution in [0, 0.1) is 5.41 Å². The summed E-state index contributed by atoms with van der Waals surface area (Å²) in [5.41, 5.74) is 0.311. The molecule has 1 atom stereocenters. The third-order valence-electron chi connectivity index (χ3n) is 3.73. The number of nitrogens with zero attached hydrogens (tertiary/aromatic N) is 2. The Morgan fingerprint density at radius 2 is 2.32 bits per heavy atom.